The van der Waals surface area contributed by atoms with Crippen molar-refractivity contribution in [2.45, 2.75) is 19.4 Å². The quantitative estimate of drug-likeness (QED) is 0.661. The van der Waals surface area contributed by atoms with Crippen molar-refractivity contribution in [2.75, 3.05) is 13.2 Å². The third kappa shape index (κ3) is 4.64. The molecule has 4 heteroatoms. The molecule has 0 fully saturated rings. The number of rotatable bonds is 7. The molecule has 0 aliphatic carbocycles. The van der Waals surface area contributed by atoms with Crippen LogP contribution in [-0.4, -0.2) is 24.0 Å². The molecule has 0 spiro atoms. The van der Waals surface area contributed by atoms with E-state index in [9.17, 15) is 4.79 Å². The Bertz CT molecular complexity index is 833. The lowest BCUT2D eigenvalue weighted by Crippen LogP contribution is -2.26. The highest BCUT2D eigenvalue weighted by Gasteiger charge is 2.08. The molecule has 1 N–H and O–H groups in total. The number of nitrogens with zero attached hydrogens (tertiary/aromatic N) is 1. The predicted molar refractivity (Wildman–Crippen MR) is 99.5 cm³/mol. The maximum absolute atomic E-state index is 12.2. The number of hydrogen-bond acceptors (Lipinski definition) is 3. The molecule has 2 aromatic carbocycles. The number of amides is 1. The summed E-state index contributed by atoms with van der Waals surface area (Å²) < 4.78 is 5.81. The predicted octanol–water partition coefficient (Wildman–Crippen LogP) is 4.13. The lowest BCUT2D eigenvalue weighted by atomic mass is 10.1. The van der Waals surface area contributed by atoms with Crippen molar-refractivity contribution in [3.63, 3.8) is 0 Å². The second-order valence-electron chi connectivity index (χ2n) is 5.92. The van der Waals surface area contributed by atoms with E-state index in [1.165, 1.54) is 0 Å². The minimum absolute atomic E-state index is 0.0547. The number of fused-ring (bicyclic) bond motifs is 1. The Morgan fingerprint density at radius 2 is 1.80 bits per heavy atom. The molecule has 0 aliphatic heterocycles. The molecule has 0 radical (unpaired) electrons. The minimum Gasteiger partial charge on any atom is -0.374 e. The van der Waals surface area contributed by atoms with Gasteiger partial charge in [-0.2, -0.15) is 0 Å². The maximum Gasteiger partial charge on any atom is 0.269 e. The Labute approximate surface area is 147 Å². The van der Waals surface area contributed by atoms with Gasteiger partial charge in [-0.1, -0.05) is 54.6 Å². The summed E-state index contributed by atoms with van der Waals surface area (Å²) in [5.41, 5.74) is 2.43. The summed E-state index contributed by atoms with van der Waals surface area (Å²) in [5, 5.41) is 3.93. The number of hydrogen-bond donors (Lipinski definition) is 1. The number of aromatic nitrogens is 1. The summed E-state index contributed by atoms with van der Waals surface area (Å²) >= 11 is 0. The van der Waals surface area contributed by atoms with E-state index in [1.54, 1.807) is 6.07 Å². The Balaban J connectivity index is 1.43. The van der Waals surface area contributed by atoms with E-state index in [4.69, 9.17) is 4.74 Å². The molecule has 128 valence electrons. The number of benzene rings is 2. The third-order valence-electron chi connectivity index (χ3n) is 4.07. The van der Waals surface area contributed by atoms with E-state index >= 15 is 0 Å². The fourth-order valence-electron chi connectivity index (χ4n) is 2.64. The molecular weight excluding hydrogens is 312 g/mol. The fourth-order valence-corrected chi connectivity index (χ4v) is 2.64. The monoisotopic (exact) mass is 334 g/mol. The lowest BCUT2D eigenvalue weighted by molar-refractivity contribution is 0.0634. The van der Waals surface area contributed by atoms with Gasteiger partial charge in [-0.3, -0.25) is 4.79 Å². The minimum atomic E-state index is -0.151. The fraction of sp³-hybridized carbons (Fsp3) is 0.238. The van der Waals surface area contributed by atoms with Gasteiger partial charge in [0.25, 0.3) is 5.91 Å². The van der Waals surface area contributed by atoms with Crippen molar-refractivity contribution in [2.24, 2.45) is 0 Å². The normalized spacial score (nSPS) is 12.0. The molecule has 4 nitrogen and oxygen atoms in total. The average Bonchev–Trinajstić information content (AvgIpc) is 2.67. The highest BCUT2D eigenvalue weighted by molar-refractivity contribution is 5.94. The summed E-state index contributed by atoms with van der Waals surface area (Å²) in [7, 11) is 0. The Hall–Kier alpha value is -2.72. The summed E-state index contributed by atoms with van der Waals surface area (Å²) in [6.07, 6.45) is 0.815. The van der Waals surface area contributed by atoms with E-state index < -0.39 is 0 Å². The van der Waals surface area contributed by atoms with Gasteiger partial charge in [-0.25, -0.2) is 4.98 Å². The smallest absolute Gasteiger partial charge is 0.269 e. The van der Waals surface area contributed by atoms with Crippen LogP contribution in [0.25, 0.3) is 10.9 Å². The van der Waals surface area contributed by atoms with Gasteiger partial charge in [-0.05, 0) is 31.0 Å². The van der Waals surface area contributed by atoms with Crippen molar-refractivity contribution in [3.8, 4) is 0 Å². The van der Waals surface area contributed by atoms with Crippen LogP contribution in [0.1, 0.15) is 35.5 Å². The van der Waals surface area contributed by atoms with Gasteiger partial charge in [0.2, 0.25) is 0 Å². The Morgan fingerprint density at radius 3 is 2.64 bits per heavy atom. The van der Waals surface area contributed by atoms with Crippen molar-refractivity contribution in [3.05, 3.63) is 78.0 Å². The van der Waals surface area contributed by atoms with E-state index in [1.807, 2.05) is 55.5 Å². The third-order valence-corrected chi connectivity index (χ3v) is 4.07. The molecule has 1 atom stereocenters. The molecule has 25 heavy (non-hydrogen) atoms. The zero-order chi connectivity index (χ0) is 17.5. The van der Waals surface area contributed by atoms with Gasteiger partial charge < -0.3 is 10.1 Å². The first-order valence-electron chi connectivity index (χ1n) is 8.54. The molecule has 1 aromatic heterocycles. The number of carbonyl (C=O) groups excluding carboxylic acids is 1. The van der Waals surface area contributed by atoms with E-state index in [0.717, 1.165) is 22.9 Å². The molecule has 3 aromatic rings. The molecule has 0 saturated heterocycles. The molecule has 1 amide bonds. The van der Waals surface area contributed by atoms with Gasteiger partial charge in [0.1, 0.15) is 5.69 Å². The van der Waals surface area contributed by atoms with Crippen LogP contribution < -0.4 is 5.32 Å². The average molecular weight is 334 g/mol. The topological polar surface area (TPSA) is 51.2 Å². The van der Waals surface area contributed by atoms with Gasteiger partial charge in [0, 0.05) is 18.5 Å². The second-order valence-corrected chi connectivity index (χ2v) is 5.92. The van der Waals surface area contributed by atoms with Crippen LogP contribution in [0.2, 0.25) is 0 Å². The Kier molecular flexibility index (Phi) is 5.75. The number of carbonyl (C=O) groups is 1. The summed E-state index contributed by atoms with van der Waals surface area (Å²) in [4.78, 5) is 16.6. The first kappa shape index (κ1) is 17.1. The molecular formula is C21H22N2O2. The lowest BCUT2D eigenvalue weighted by Gasteiger charge is -2.13. The zero-order valence-corrected chi connectivity index (χ0v) is 14.3. The van der Waals surface area contributed by atoms with Crippen LogP contribution in [0.15, 0.2) is 66.7 Å². The van der Waals surface area contributed by atoms with Gasteiger partial charge in [-0.15, -0.1) is 0 Å². The summed E-state index contributed by atoms with van der Waals surface area (Å²) in [6, 6.07) is 21.6. The van der Waals surface area contributed by atoms with Gasteiger partial charge in [0.15, 0.2) is 0 Å². The molecule has 0 aliphatic rings. The SMILES string of the molecule is CC(OCCCNC(=O)c1ccc2ccccc2n1)c1ccccc1. The summed E-state index contributed by atoms with van der Waals surface area (Å²) in [5.74, 6) is -0.151. The van der Waals surface area contributed by atoms with Crippen LogP contribution in [0.3, 0.4) is 0 Å². The Morgan fingerprint density at radius 1 is 1.04 bits per heavy atom. The van der Waals surface area contributed by atoms with Crippen LogP contribution in [0.5, 0.6) is 0 Å². The first-order chi connectivity index (χ1) is 12.2. The standard InChI is InChI=1S/C21H22N2O2/c1-16(17-8-3-2-4-9-17)25-15-7-14-22-21(24)20-13-12-18-10-5-6-11-19(18)23-20/h2-6,8-13,16H,7,14-15H2,1H3,(H,22,24). The van der Waals surface area contributed by atoms with Gasteiger partial charge >= 0.3 is 0 Å². The first-order valence-corrected chi connectivity index (χ1v) is 8.54. The molecule has 0 saturated carbocycles. The maximum atomic E-state index is 12.2. The van der Waals surface area contributed by atoms with E-state index in [0.29, 0.717) is 18.8 Å². The molecule has 1 unspecified atom stereocenters. The highest BCUT2D eigenvalue weighted by atomic mass is 16.5. The van der Waals surface area contributed by atoms with Crippen LogP contribution in [0, 0.1) is 0 Å². The second kappa shape index (κ2) is 8.40. The molecule has 3 rings (SSSR count). The van der Waals surface area contributed by atoms with Crippen molar-refractivity contribution in [1.29, 1.82) is 0 Å². The number of nitrogens with one attached hydrogen (secondary N) is 1. The van der Waals surface area contributed by atoms with Crippen molar-refractivity contribution in [1.82, 2.24) is 10.3 Å². The molecule has 1 heterocycles. The van der Waals surface area contributed by atoms with Gasteiger partial charge in [0.05, 0.1) is 11.6 Å². The zero-order valence-electron chi connectivity index (χ0n) is 14.3. The highest BCUT2D eigenvalue weighted by Crippen LogP contribution is 2.15. The van der Waals surface area contributed by atoms with Crippen LogP contribution >= 0.6 is 0 Å². The summed E-state index contributed by atoms with van der Waals surface area (Å²) in [6.45, 7) is 3.20. The van der Waals surface area contributed by atoms with Crippen molar-refractivity contribution < 1.29 is 9.53 Å². The number of pyridine rings is 1. The number of ether oxygens (including phenoxy) is 1. The number of para-hydroxylation sites is 1. The van der Waals surface area contributed by atoms with Crippen molar-refractivity contribution >= 4 is 16.8 Å². The molecule has 0 bridgehead atoms. The van der Waals surface area contributed by atoms with E-state index in [2.05, 4.69) is 22.4 Å². The van der Waals surface area contributed by atoms with E-state index in [-0.39, 0.29) is 12.0 Å². The van der Waals surface area contributed by atoms with Crippen LogP contribution in [0.4, 0.5) is 0 Å². The van der Waals surface area contributed by atoms with Crippen LogP contribution in [-0.2, 0) is 4.74 Å². The largest absolute Gasteiger partial charge is 0.374 e.